The van der Waals surface area contributed by atoms with Gasteiger partial charge < -0.3 is 14.7 Å². The first kappa shape index (κ1) is 20.5. The molecule has 1 spiro atoms. The summed E-state index contributed by atoms with van der Waals surface area (Å²) in [5.41, 5.74) is -1.59. The van der Waals surface area contributed by atoms with Crippen LogP contribution in [-0.4, -0.2) is 63.1 Å². The predicted molar refractivity (Wildman–Crippen MR) is 96.7 cm³/mol. The van der Waals surface area contributed by atoms with E-state index < -0.39 is 29.2 Å². The molecule has 0 aromatic heterocycles. The second-order valence-corrected chi connectivity index (χ2v) is 8.85. The van der Waals surface area contributed by atoms with Gasteiger partial charge in [-0.25, -0.2) is 9.59 Å². The van der Waals surface area contributed by atoms with Gasteiger partial charge in [-0.05, 0) is 58.8 Å². The van der Waals surface area contributed by atoms with Crippen LogP contribution in [0, 0.1) is 5.92 Å². The average Bonchev–Trinajstić information content (AvgIpc) is 2.91. The van der Waals surface area contributed by atoms with Crippen molar-refractivity contribution in [2.75, 3.05) is 13.1 Å². The molecule has 2 saturated heterocycles. The minimum atomic E-state index is -0.981. The molecule has 0 unspecified atom stereocenters. The third kappa shape index (κ3) is 4.13. The van der Waals surface area contributed by atoms with Gasteiger partial charge in [-0.3, -0.25) is 9.69 Å². The Hall–Kier alpha value is -1.79. The number of carbonyl (C=O) groups excluding carboxylic acids is 2. The van der Waals surface area contributed by atoms with Gasteiger partial charge in [-0.15, -0.1) is 0 Å². The van der Waals surface area contributed by atoms with Gasteiger partial charge in [-0.1, -0.05) is 13.8 Å². The highest BCUT2D eigenvalue weighted by molar-refractivity contribution is 5.94. The summed E-state index contributed by atoms with van der Waals surface area (Å²) in [6, 6.07) is -0.847. The molecule has 2 fully saturated rings. The van der Waals surface area contributed by atoms with Gasteiger partial charge in [0.25, 0.3) is 0 Å². The van der Waals surface area contributed by atoms with Crippen LogP contribution >= 0.6 is 0 Å². The third-order valence-corrected chi connectivity index (χ3v) is 5.11. The molecule has 0 saturated carbocycles. The van der Waals surface area contributed by atoms with E-state index in [1.165, 1.54) is 4.90 Å². The quantitative estimate of drug-likeness (QED) is 0.824. The van der Waals surface area contributed by atoms with Crippen LogP contribution in [0.5, 0.6) is 0 Å². The number of amides is 2. The monoisotopic (exact) mass is 368 g/mol. The van der Waals surface area contributed by atoms with E-state index >= 15 is 0 Å². The minimum absolute atomic E-state index is 0.160. The highest BCUT2D eigenvalue weighted by Gasteiger charge is 2.55. The van der Waals surface area contributed by atoms with Crippen LogP contribution in [0.2, 0.25) is 0 Å². The van der Waals surface area contributed by atoms with Gasteiger partial charge in [-0.2, -0.15) is 0 Å². The normalized spacial score (nSPS) is 25.1. The molecule has 2 rings (SSSR count). The molecule has 0 aromatic carbocycles. The number of hydrogen-bond acceptors (Lipinski definition) is 4. The van der Waals surface area contributed by atoms with E-state index in [-0.39, 0.29) is 11.8 Å². The zero-order valence-electron chi connectivity index (χ0n) is 16.6. The molecule has 2 aliphatic heterocycles. The summed E-state index contributed by atoms with van der Waals surface area (Å²) >= 11 is 0. The first-order valence-corrected chi connectivity index (χ1v) is 9.52. The van der Waals surface area contributed by atoms with Crippen LogP contribution in [0.3, 0.4) is 0 Å². The van der Waals surface area contributed by atoms with Crippen LogP contribution in [0.25, 0.3) is 0 Å². The average molecular weight is 368 g/mol. The number of nitrogens with zero attached hydrogens (tertiary/aromatic N) is 2. The minimum Gasteiger partial charge on any atom is -0.480 e. The van der Waals surface area contributed by atoms with Crippen molar-refractivity contribution >= 4 is 18.0 Å². The maximum absolute atomic E-state index is 13.4. The number of aliphatic carboxylic acids is 1. The summed E-state index contributed by atoms with van der Waals surface area (Å²) in [4.78, 5) is 40.9. The molecule has 0 bridgehead atoms. The summed E-state index contributed by atoms with van der Waals surface area (Å²) in [6.45, 7) is 10.2. The molecule has 2 atom stereocenters. The van der Waals surface area contributed by atoms with Gasteiger partial charge in [0.1, 0.15) is 17.2 Å². The molecular formula is C19H32N2O5. The third-order valence-electron chi connectivity index (χ3n) is 5.11. The lowest BCUT2D eigenvalue weighted by atomic mass is 9.84. The van der Waals surface area contributed by atoms with Crippen molar-refractivity contribution in [3.8, 4) is 0 Å². The second kappa shape index (κ2) is 7.45. The van der Waals surface area contributed by atoms with Gasteiger partial charge in [0.15, 0.2) is 0 Å². The number of hydrogen-bond donors (Lipinski definition) is 1. The zero-order chi connectivity index (χ0) is 19.7. The predicted octanol–water partition coefficient (Wildman–Crippen LogP) is 2.88. The Morgan fingerprint density at radius 3 is 2.27 bits per heavy atom. The van der Waals surface area contributed by atoms with Crippen molar-refractivity contribution in [3.63, 3.8) is 0 Å². The number of carboxylic acid groups (broad SMARTS) is 1. The molecule has 2 amide bonds. The molecule has 7 nitrogen and oxygen atoms in total. The van der Waals surface area contributed by atoms with Crippen molar-refractivity contribution < 1.29 is 24.2 Å². The van der Waals surface area contributed by atoms with E-state index in [1.807, 2.05) is 13.8 Å². The second-order valence-electron chi connectivity index (χ2n) is 8.85. The molecular weight excluding hydrogens is 336 g/mol. The molecule has 2 heterocycles. The van der Waals surface area contributed by atoms with Gasteiger partial charge in [0.2, 0.25) is 5.91 Å². The number of carboxylic acids is 1. The molecule has 1 N–H and O–H groups in total. The molecule has 0 aromatic rings. The Morgan fingerprint density at radius 2 is 1.77 bits per heavy atom. The largest absolute Gasteiger partial charge is 0.480 e. The summed E-state index contributed by atoms with van der Waals surface area (Å²) in [5, 5.41) is 9.65. The number of likely N-dealkylation sites (tertiary alicyclic amines) is 2. The van der Waals surface area contributed by atoms with E-state index in [0.29, 0.717) is 38.8 Å². The highest BCUT2D eigenvalue weighted by atomic mass is 16.6. The van der Waals surface area contributed by atoms with E-state index in [0.717, 1.165) is 6.42 Å². The molecule has 26 heavy (non-hydrogen) atoms. The molecule has 7 heteroatoms. The Balaban J connectivity index is 2.28. The van der Waals surface area contributed by atoms with Crippen LogP contribution in [-0.2, 0) is 14.3 Å². The van der Waals surface area contributed by atoms with Crippen LogP contribution < -0.4 is 0 Å². The number of ether oxygens (including phenoxy) is 1. The van der Waals surface area contributed by atoms with E-state index in [1.54, 1.807) is 25.7 Å². The Morgan fingerprint density at radius 1 is 1.19 bits per heavy atom. The lowest BCUT2D eigenvalue weighted by Gasteiger charge is -2.46. The fraction of sp³-hybridized carbons (Fsp3) is 0.842. The Bertz CT molecular complexity index is 569. The smallest absolute Gasteiger partial charge is 0.411 e. The standard InChI is InChI=1S/C19H32N2O5/c1-13(2)12-14(15(22)23)20-10-6-8-19(16(20)24)9-7-11-21(19)17(25)26-18(3,4)5/h13-14H,6-12H2,1-5H3,(H,22,23)/t14-,19-/m0/s1. The van der Waals surface area contributed by atoms with Crippen LogP contribution in [0.15, 0.2) is 0 Å². The summed E-state index contributed by atoms with van der Waals surface area (Å²) in [6.07, 6.45) is 2.46. The maximum Gasteiger partial charge on any atom is 0.411 e. The number of carbonyl (C=O) groups is 3. The van der Waals surface area contributed by atoms with Crippen molar-refractivity contribution in [3.05, 3.63) is 0 Å². The zero-order valence-corrected chi connectivity index (χ0v) is 16.6. The van der Waals surface area contributed by atoms with Crippen molar-refractivity contribution in [2.24, 2.45) is 5.92 Å². The highest BCUT2D eigenvalue weighted by Crippen LogP contribution is 2.40. The fourth-order valence-corrected chi connectivity index (χ4v) is 4.07. The fourth-order valence-electron chi connectivity index (χ4n) is 4.07. The van der Waals surface area contributed by atoms with Gasteiger partial charge >= 0.3 is 12.1 Å². The lowest BCUT2D eigenvalue weighted by Crippen LogP contribution is -2.64. The molecule has 2 aliphatic rings. The van der Waals surface area contributed by atoms with Gasteiger partial charge in [0, 0.05) is 13.1 Å². The van der Waals surface area contributed by atoms with Crippen LogP contribution in [0.4, 0.5) is 4.79 Å². The molecule has 0 radical (unpaired) electrons. The molecule has 0 aliphatic carbocycles. The summed E-state index contributed by atoms with van der Waals surface area (Å²) < 4.78 is 5.51. The maximum atomic E-state index is 13.4. The van der Waals surface area contributed by atoms with Crippen LogP contribution in [0.1, 0.15) is 66.7 Å². The SMILES string of the molecule is CC(C)C[C@@H](C(=O)O)N1CCC[C@]2(CCCN2C(=O)OC(C)(C)C)C1=O. The topological polar surface area (TPSA) is 87.2 Å². The van der Waals surface area contributed by atoms with Crippen molar-refractivity contribution in [2.45, 2.75) is 83.9 Å². The first-order chi connectivity index (χ1) is 12.0. The lowest BCUT2D eigenvalue weighted by molar-refractivity contribution is -0.159. The Kier molecular flexibility index (Phi) is 5.88. The van der Waals surface area contributed by atoms with E-state index in [9.17, 15) is 19.5 Å². The Labute approximate surface area is 155 Å². The number of rotatable bonds is 4. The van der Waals surface area contributed by atoms with Crippen molar-refractivity contribution in [1.82, 2.24) is 9.80 Å². The van der Waals surface area contributed by atoms with E-state index in [2.05, 4.69) is 0 Å². The van der Waals surface area contributed by atoms with Gasteiger partial charge in [0.05, 0.1) is 0 Å². The van der Waals surface area contributed by atoms with E-state index in [4.69, 9.17) is 4.74 Å². The summed E-state index contributed by atoms with van der Waals surface area (Å²) in [5.74, 6) is -1.06. The summed E-state index contributed by atoms with van der Waals surface area (Å²) in [7, 11) is 0. The molecule has 148 valence electrons. The van der Waals surface area contributed by atoms with Crippen molar-refractivity contribution in [1.29, 1.82) is 0 Å². The number of piperidine rings is 1. The first-order valence-electron chi connectivity index (χ1n) is 9.52.